The molecule has 2 heterocycles. The number of ether oxygens (including phenoxy) is 1. The van der Waals surface area contributed by atoms with Gasteiger partial charge in [0.2, 0.25) is 5.91 Å². The van der Waals surface area contributed by atoms with Gasteiger partial charge in [0.05, 0.1) is 29.6 Å². The summed E-state index contributed by atoms with van der Waals surface area (Å²) in [6.07, 6.45) is 2.04. The lowest BCUT2D eigenvalue weighted by Gasteiger charge is -2.55. The highest BCUT2D eigenvalue weighted by Crippen LogP contribution is 2.48. The van der Waals surface area contributed by atoms with Gasteiger partial charge in [0.25, 0.3) is 0 Å². The number of amides is 1. The number of hydrogen-bond donors (Lipinski definition) is 2. The van der Waals surface area contributed by atoms with Gasteiger partial charge < -0.3 is 15.2 Å². The molecule has 2 aliphatic rings. The fourth-order valence-corrected chi connectivity index (χ4v) is 4.14. The van der Waals surface area contributed by atoms with E-state index in [9.17, 15) is 9.90 Å². The molecule has 7 nitrogen and oxygen atoms in total. The molecule has 1 aromatic carbocycles. The van der Waals surface area contributed by atoms with Gasteiger partial charge >= 0.3 is 0 Å². The van der Waals surface area contributed by atoms with Crippen molar-refractivity contribution in [2.24, 2.45) is 5.41 Å². The van der Waals surface area contributed by atoms with Crippen molar-refractivity contribution >= 4 is 5.91 Å². The Balaban J connectivity index is 1.42. The minimum Gasteiger partial charge on any atom is -0.392 e. The van der Waals surface area contributed by atoms with Gasteiger partial charge in [-0.1, -0.05) is 23.4 Å². The summed E-state index contributed by atoms with van der Waals surface area (Å²) >= 11 is 0. The van der Waals surface area contributed by atoms with Crippen LogP contribution in [0.5, 0.6) is 0 Å². The van der Waals surface area contributed by atoms with Crippen molar-refractivity contribution in [1.29, 1.82) is 0 Å². The molecule has 0 radical (unpaired) electrons. The number of aromatic nitrogens is 3. The number of para-hydroxylation sites is 1. The van der Waals surface area contributed by atoms with Crippen molar-refractivity contribution < 1.29 is 14.6 Å². The predicted molar refractivity (Wildman–Crippen MR) is 94.8 cm³/mol. The summed E-state index contributed by atoms with van der Waals surface area (Å²) in [6.45, 7) is 3.21. The average molecular weight is 356 g/mol. The molecule has 2 N–H and O–H groups in total. The van der Waals surface area contributed by atoms with Crippen LogP contribution in [-0.2, 0) is 16.0 Å². The van der Waals surface area contributed by atoms with E-state index in [4.69, 9.17) is 4.74 Å². The highest BCUT2D eigenvalue weighted by atomic mass is 16.5. The smallest absolute Gasteiger partial charge is 0.226 e. The van der Waals surface area contributed by atoms with E-state index in [1.165, 1.54) is 0 Å². The van der Waals surface area contributed by atoms with Crippen LogP contribution in [0.4, 0.5) is 0 Å². The summed E-state index contributed by atoms with van der Waals surface area (Å²) in [6, 6.07) is 9.75. The molecule has 1 saturated carbocycles. The first-order valence-electron chi connectivity index (χ1n) is 9.12. The van der Waals surface area contributed by atoms with Crippen molar-refractivity contribution in [2.45, 2.75) is 44.8 Å². The van der Waals surface area contributed by atoms with E-state index in [1.54, 1.807) is 4.68 Å². The molecule has 1 aliphatic heterocycles. The van der Waals surface area contributed by atoms with E-state index in [1.807, 2.05) is 37.3 Å². The van der Waals surface area contributed by atoms with E-state index in [-0.39, 0.29) is 29.9 Å². The van der Waals surface area contributed by atoms with E-state index in [2.05, 4.69) is 15.6 Å². The Bertz CT molecular complexity index is 783. The molecule has 1 aromatic heterocycles. The molecular formula is C19H24N4O3. The number of benzene rings is 1. The monoisotopic (exact) mass is 356 g/mol. The fourth-order valence-electron chi connectivity index (χ4n) is 4.14. The molecule has 2 aromatic rings. The normalized spacial score (nSPS) is 24.2. The van der Waals surface area contributed by atoms with Gasteiger partial charge in [-0.3, -0.25) is 4.79 Å². The lowest BCUT2D eigenvalue weighted by molar-refractivity contribution is -0.155. The second-order valence-electron chi connectivity index (χ2n) is 7.26. The fraction of sp³-hybridized carbons (Fsp3) is 0.526. The first-order chi connectivity index (χ1) is 12.6. The zero-order valence-corrected chi connectivity index (χ0v) is 14.9. The Morgan fingerprint density at radius 3 is 2.77 bits per heavy atom. The number of rotatable bonds is 4. The van der Waals surface area contributed by atoms with Gasteiger partial charge in [-0.2, -0.15) is 0 Å². The first-order valence-corrected chi connectivity index (χ1v) is 9.12. The molecule has 4 rings (SSSR count). The molecule has 1 saturated heterocycles. The lowest BCUT2D eigenvalue weighted by Crippen LogP contribution is -2.65. The molecule has 7 heteroatoms. The van der Waals surface area contributed by atoms with E-state index < -0.39 is 0 Å². The topological polar surface area (TPSA) is 89.3 Å². The third-order valence-corrected chi connectivity index (χ3v) is 5.89. The number of nitrogens with zero attached hydrogens (tertiary/aromatic N) is 3. The zero-order valence-electron chi connectivity index (χ0n) is 14.9. The van der Waals surface area contributed by atoms with Crippen molar-refractivity contribution in [3.05, 3.63) is 41.7 Å². The Labute approximate surface area is 152 Å². The Morgan fingerprint density at radius 2 is 2.08 bits per heavy atom. The quantitative estimate of drug-likeness (QED) is 0.858. The van der Waals surface area contributed by atoms with Crippen LogP contribution in [-0.4, -0.2) is 51.4 Å². The Kier molecular flexibility index (Phi) is 4.50. The van der Waals surface area contributed by atoms with Crippen LogP contribution in [0, 0.1) is 12.3 Å². The Hall–Kier alpha value is -2.25. The molecule has 2 fully saturated rings. The molecular weight excluding hydrogens is 332 g/mol. The second-order valence-corrected chi connectivity index (χ2v) is 7.26. The maximum absolute atomic E-state index is 12.5. The summed E-state index contributed by atoms with van der Waals surface area (Å²) in [5.74, 6) is -0.0732. The van der Waals surface area contributed by atoms with Crippen molar-refractivity contribution in [3.63, 3.8) is 0 Å². The minimum absolute atomic E-state index is 0.0124. The summed E-state index contributed by atoms with van der Waals surface area (Å²) in [5.41, 5.74) is 2.24. The molecule has 1 amide bonds. The van der Waals surface area contributed by atoms with Crippen LogP contribution in [0.25, 0.3) is 5.69 Å². The number of nitrogens with one attached hydrogen (secondary N) is 1. The standard InChI is InChI=1S/C19H24N4O3/c1-13-15(21-22-23(13)14-5-3-2-4-6-14)11-18(25)20-16-12-17(24)19(16)7-9-26-10-8-19/h2-6,16-17,24H,7-12H2,1H3,(H,20,25)/t16-,17-/m1/s1. The number of carbonyl (C=O) groups is 1. The van der Waals surface area contributed by atoms with Gasteiger partial charge in [-0.25, -0.2) is 4.68 Å². The minimum atomic E-state index is -0.350. The summed E-state index contributed by atoms with van der Waals surface area (Å²) in [5, 5.41) is 21.7. The molecule has 0 bridgehead atoms. The molecule has 0 unspecified atom stereocenters. The highest BCUT2D eigenvalue weighted by Gasteiger charge is 2.55. The summed E-state index contributed by atoms with van der Waals surface area (Å²) < 4.78 is 7.16. The number of aliphatic hydroxyl groups excluding tert-OH is 1. The van der Waals surface area contributed by atoms with Crippen molar-refractivity contribution in [2.75, 3.05) is 13.2 Å². The van der Waals surface area contributed by atoms with Gasteiger partial charge in [0.1, 0.15) is 0 Å². The molecule has 1 spiro atoms. The summed E-state index contributed by atoms with van der Waals surface area (Å²) in [7, 11) is 0. The van der Waals surface area contributed by atoms with E-state index >= 15 is 0 Å². The largest absolute Gasteiger partial charge is 0.392 e. The molecule has 2 atom stereocenters. The maximum Gasteiger partial charge on any atom is 0.226 e. The third-order valence-electron chi connectivity index (χ3n) is 5.89. The van der Waals surface area contributed by atoms with E-state index in [0.717, 1.165) is 24.2 Å². The number of carbonyl (C=O) groups excluding carboxylic acids is 1. The van der Waals surface area contributed by atoms with Crippen molar-refractivity contribution in [1.82, 2.24) is 20.3 Å². The van der Waals surface area contributed by atoms with E-state index in [0.29, 0.717) is 25.3 Å². The zero-order chi connectivity index (χ0) is 18.1. The van der Waals surface area contributed by atoms with Crippen LogP contribution in [0.3, 0.4) is 0 Å². The van der Waals surface area contributed by atoms with Crippen LogP contribution in [0.1, 0.15) is 30.7 Å². The average Bonchev–Trinajstić information content (AvgIpc) is 3.03. The van der Waals surface area contributed by atoms with Crippen LogP contribution in [0.15, 0.2) is 30.3 Å². The first kappa shape index (κ1) is 17.2. The lowest BCUT2D eigenvalue weighted by atomic mass is 9.58. The summed E-state index contributed by atoms with van der Waals surface area (Å²) in [4.78, 5) is 12.5. The molecule has 1 aliphatic carbocycles. The highest BCUT2D eigenvalue weighted by molar-refractivity contribution is 5.79. The number of hydrogen-bond acceptors (Lipinski definition) is 5. The molecule has 26 heavy (non-hydrogen) atoms. The third kappa shape index (κ3) is 2.91. The van der Waals surface area contributed by atoms with Gasteiger partial charge in [-0.05, 0) is 38.3 Å². The SMILES string of the molecule is Cc1c(CC(=O)N[C@@H]2C[C@@H](O)C23CCOCC3)nnn1-c1ccccc1. The maximum atomic E-state index is 12.5. The van der Waals surface area contributed by atoms with Gasteiger partial charge in [-0.15, -0.1) is 5.10 Å². The number of aliphatic hydroxyl groups is 1. The van der Waals surface area contributed by atoms with Gasteiger partial charge in [0.15, 0.2) is 0 Å². The second kappa shape index (κ2) is 6.81. The van der Waals surface area contributed by atoms with Crippen LogP contribution < -0.4 is 5.32 Å². The van der Waals surface area contributed by atoms with Crippen molar-refractivity contribution in [3.8, 4) is 5.69 Å². The van der Waals surface area contributed by atoms with Crippen LogP contribution in [0.2, 0.25) is 0 Å². The predicted octanol–water partition coefficient (Wildman–Crippen LogP) is 1.16. The molecule has 138 valence electrons. The Morgan fingerprint density at radius 1 is 1.35 bits per heavy atom. The van der Waals surface area contributed by atoms with Crippen LogP contribution >= 0.6 is 0 Å². The van der Waals surface area contributed by atoms with Gasteiger partial charge in [0, 0.05) is 24.7 Å².